The molecule has 2 N–H and O–H groups in total. The van der Waals surface area contributed by atoms with E-state index in [1.54, 1.807) is 36.5 Å². The van der Waals surface area contributed by atoms with Gasteiger partial charge < -0.3 is 10.6 Å². The minimum atomic E-state index is -0.199. The van der Waals surface area contributed by atoms with Crippen LogP contribution in [-0.4, -0.2) is 16.9 Å². The molecule has 0 spiro atoms. The predicted molar refractivity (Wildman–Crippen MR) is 91.2 cm³/mol. The van der Waals surface area contributed by atoms with E-state index in [0.717, 1.165) is 6.42 Å². The summed E-state index contributed by atoms with van der Waals surface area (Å²) in [6.07, 6.45) is 2.44. The third kappa shape index (κ3) is 4.36. The monoisotopic (exact) mass is 337 g/mol. The molecule has 1 aromatic heterocycles. The van der Waals surface area contributed by atoms with E-state index in [0.29, 0.717) is 27.1 Å². The average Bonchev–Trinajstić information content (AvgIpc) is 2.51. The molecule has 1 unspecified atom stereocenters. The highest BCUT2D eigenvalue weighted by atomic mass is 35.5. The summed E-state index contributed by atoms with van der Waals surface area (Å²) in [6.45, 7) is 3.96. The van der Waals surface area contributed by atoms with Crippen LogP contribution in [-0.2, 0) is 0 Å². The molecule has 1 heterocycles. The zero-order valence-electron chi connectivity index (χ0n) is 12.4. The molecule has 0 radical (unpaired) electrons. The summed E-state index contributed by atoms with van der Waals surface area (Å²) in [4.78, 5) is 16.2. The van der Waals surface area contributed by atoms with Gasteiger partial charge in [-0.3, -0.25) is 9.78 Å². The molecule has 0 aliphatic carbocycles. The zero-order valence-corrected chi connectivity index (χ0v) is 13.9. The van der Waals surface area contributed by atoms with Crippen molar-refractivity contribution in [3.8, 4) is 0 Å². The van der Waals surface area contributed by atoms with Gasteiger partial charge in [0, 0.05) is 22.9 Å². The molecule has 2 aromatic rings. The molecule has 22 heavy (non-hydrogen) atoms. The fourth-order valence-corrected chi connectivity index (χ4v) is 2.12. The second-order valence-corrected chi connectivity index (χ2v) is 5.81. The molecule has 2 rings (SSSR count). The maximum atomic E-state index is 12.1. The summed E-state index contributed by atoms with van der Waals surface area (Å²) >= 11 is 12.1. The van der Waals surface area contributed by atoms with E-state index >= 15 is 0 Å². The predicted octanol–water partition coefficient (Wildman–Crippen LogP) is 4.66. The Labute approximate surface area is 139 Å². The summed E-state index contributed by atoms with van der Waals surface area (Å²) < 4.78 is 0. The fourth-order valence-electron chi connectivity index (χ4n) is 1.78. The minimum Gasteiger partial charge on any atom is -0.354 e. The van der Waals surface area contributed by atoms with Gasteiger partial charge in [0.2, 0.25) is 0 Å². The van der Waals surface area contributed by atoms with Crippen molar-refractivity contribution in [1.29, 1.82) is 0 Å². The van der Waals surface area contributed by atoms with Gasteiger partial charge in [-0.2, -0.15) is 0 Å². The number of carbonyl (C=O) groups is 1. The number of aromatic nitrogens is 1. The van der Waals surface area contributed by atoms with Crippen LogP contribution in [0.1, 0.15) is 30.8 Å². The van der Waals surface area contributed by atoms with Crippen LogP contribution < -0.4 is 10.6 Å². The largest absolute Gasteiger partial charge is 0.354 e. The number of benzene rings is 1. The highest BCUT2D eigenvalue weighted by Gasteiger charge is 2.11. The Hall–Kier alpha value is -1.78. The van der Waals surface area contributed by atoms with Crippen LogP contribution in [0.3, 0.4) is 0 Å². The lowest BCUT2D eigenvalue weighted by Gasteiger charge is -2.12. The number of amides is 1. The molecular formula is C16H17Cl2N3O. The van der Waals surface area contributed by atoms with E-state index in [2.05, 4.69) is 15.6 Å². The summed E-state index contributed by atoms with van der Waals surface area (Å²) in [7, 11) is 0. The normalized spacial score (nSPS) is 11.8. The number of halogens is 2. The zero-order chi connectivity index (χ0) is 16.1. The Morgan fingerprint density at radius 3 is 2.77 bits per heavy atom. The molecule has 1 atom stereocenters. The van der Waals surface area contributed by atoms with Crippen molar-refractivity contribution < 1.29 is 4.79 Å². The lowest BCUT2D eigenvalue weighted by atomic mass is 10.2. The molecule has 0 aliphatic rings. The highest BCUT2D eigenvalue weighted by Crippen LogP contribution is 2.28. The molecule has 1 aromatic carbocycles. The highest BCUT2D eigenvalue weighted by molar-refractivity contribution is 6.35. The fraction of sp³-hybridized carbons (Fsp3) is 0.250. The molecule has 0 saturated heterocycles. The molecule has 0 bridgehead atoms. The molecule has 4 nitrogen and oxygen atoms in total. The van der Waals surface area contributed by atoms with E-state index < -0.39 is 0 Å². The van der Waals surface area contributed by atoms with E-state index in [-0.39, 0.29) is 11.9 Å². The summed E-state index contributed by atoms with van der Waals surface area (Å²) in [5.74, 6) is -0.199. The summed E-state index contributed by atoms with van der Waals surface area (Å²) in [6, 6.07) is 8.69. The van der Waals surface area contributed by atoms with Crippen LogP contribution in [0, 0.1) is 0 Å². The first-order valence-corrected chi connectivity index (χ1v) is 7.74. The van der Waals surface area contributed by atoms with Crippen molar-refractivity contribution in [2.24, 2.45) is 0 Å². The van der Waals surface area contributed by atoms with E-state index in [9.17, 15) is 4.79 Å². The second kappa shape index (κ2) is 7.47. The van der Waals surface area contributed by atoms with Crippen LogP contribution in [0.5, 0.6) is 0 Å². The average molecular weight is 338 g/mol. The van der Waals surface area contributed by atoms with Crippen molar-refractivity contribution in [2.45, 2.75) is 26.3 Å². The van der Waals surface area contributed by atoms with Crippen LogP contribution in [0.15, 0.2) is 36.5 Å². The van der Waals surface area contributed by atoms with Gasteiger partial charge in [0.15, 0.2) is 0 Å². The first-order valence-electron chi connectivity index (χ1n) is 6.98. The molecule has 0 aliphatic heterocycles. The molecule has 116 valence electrons. The Kier molecular flexibility index (Phi) is 5.63. The van der Waals surface area contributed by atoms with Gasteiger partial charge in [0.05, 0.1) is 10.7 Å². The van der Waals surface area contributed by atoms with Gasteiger partial charge >= 0.3 is 0 Å². The Balaban J connectivity index is 2.18. The maximum Gasteiger partial charge on any atom is 0.270 e. The number of anilines is 2. The first kappa shape index (κ1) is 16.6. The van der Waals surface area contributed by atoms with Crippen molar-refractivity contribution in [3.05, 3.63) is 52.3 Å². The van der Waals surface area contributed by atoms with Crippen LogP contribution in [0.2, 0.25) is 10.0 Å². The van der Waals surface area contributed by atoms with E-state index in [1.165, 1.54) is 0 Å². The number of carbonyl (C=O) groups excluding carboxylic acids is 1. The molecule has 0 saturated carbocycles. The molecular weight excluding hydrogens is 321 g/mol. The van der Waals surface area contributed by atoms with Crippen LogP contribution in [0.25, 0.3) is 0 Å². The Morgan fingerprint density at radius 2 is 2.05 bits per heavy atom. The lowest BCUT2D eigenvalue weighted by molar-refractivity contribution is 0.0934. The van der Waals surface area contributed by atoms with E-state index in [4.69, 9.17) is 23.2 Å². The first-order chi connectivity index (χ1) is 10.5. The third-order valence-corrected chi connectivity index (χ3v) is 3.75. The SMILES string of the molecule is CCC(C)NC(=O)c1cc(Nc2cc(Cl)ccc2Cl)ccn1. The van der Waals surface area contributed by atoms with Crippen molar-refractivity contribution in [2.75, 3.05) is 5.32 Å². The Morgan fingerprint density at radius 1 is 1.27 bits per heavy atom. The third-order valence-electron chi connectivity index (χ3n) is 3.19. The number of pyridine rings is 1. The van der Waals surface area contributed by atoms with Crippen LogP contribution in [0.4, 0.5) is 11.4 Å². The quantitative estimate of drug-likeness (QED) is 0.834. The van der Waals surface area contributed by atoms with Crippen molar-refractivity contribution in [3.63, 3.8) is 0 Å². The smallest absolute Gasteiger partial charge is 0.270 e. The minimum absolute atomic E-state index is 0.105. The van der Waals surface area contributed by atoms with Crippen molar-refractivity contribution in [1.82, 2.24) is 10.3 Å². The van der Waals surface area contributed by atoms with Gasteiger partial charge in [-0.1, -0.05) is 30.1 Å². The van der Waals surface area contributed by atoms with Gasteiger partial charge in [-0.15, -0.1) is 0 Å². The van der Waals surface area contributed by atoms with Crippen LogP contribution >= 0.6 is 23.2 Å². The Bertz CT molecular complexity index is 676. The molecule has 0 fully saturated rings. The van der Waals surface area contributed by atoms with Gasteiger partial charge in [0.1, 0.15) is 5.69 Å². The van der Waals surface area contributed by atoms with E-state index in [1.807, 2.05) is 13.8 Å². The number of hydrogen-bond donors (Lipinski definition) is 2. The standard InChI is InChI=1S/C16H17Cl2N3O/c1-3-10(2)20-16(22)15-9-12(6-7-19-15)21-14-8-11(17)4-5-13(14)18/h4-10H,3H2,1-2H3,(H,19,21)(H,20,22). The second-order valence-electron chi connectivity index (χ2n) is 4.96. The van der Waals surface area contributed by atoms with Gasteiger partial charge in [-0.05, 0) is 43.7 Å². The van der Waals surface area contributed by atoms with Crippen molar-refractivity contribution >= 4 is 40.5 Å². The number of hydrogen-bond acceptors (Lipinski definition) is 3. The topological polar surface area (TPSA) is 54.0 Å². The maximum absolute atomic E-state index is 12.1. The molecule has 6 heteroatoms. The summed E-state index contributed by atoms with van der Waals surface area (Å²) in [5.41, 5.74) is 1.74. The number of rotatable bonds is 5. The molecule has 1 amide bonds. The number of nitrogens with one attached hydrogen (secondary N) is 2. The summed E-state index contributed by atoms with van der Waals surface area (Å²) in [5, 5.41) is 7.15. The number of nitrogens with zero attached hydrogens (tertiary/aromatic N) is 1. The lowest BCUT2D eigenvalue weighted by Crippen LogP contribution is -2.32. The van der Waals surface area contributed by atoms with Gasteiger partial charge in [0.25, 0.3) is 5.91 Å². The van der Waals surface area contributed by atoms with Gasteiger partial charge in [-0.25, -0.2) is 0 Å².